The van der Waals surface area contributed by atoms with Crippen molar-refractivity contribution in [2.75, 3.05) is 7.11 Å². The van der Waals surface area contributed by atoms with Crippen LogP contribution in [-0.4, -0.2) is 12.2 Å². The highest BCUT2D eigenvalue weighted by atomic mass is 19.1. The first-order chi connectivity index (χ1) is 6.16. The Hall–Kier alpha value is -1.13. The number of halogens is 1. The lowest BCUT2D eigenvalue weighted by Crippen LogP contribution is -2.12. The van der Waals surface area contributed by atoms with Gasteiger partial charge in [0.15, 0.2) is 0 Å². The predicted octanol–water partition coefficient (Wildman–Crippen LogP) is 1.49. The Labute approximate surface area is 76.1 Å². The van der Waals surface area contributed by atoms with E-state index in [1.165, 1.54) is 19.2 Å². The number of hydroxylamine groups is 1. The lowest BCUT2D eigenvalue weighted by molar-refractivity contribution is 0.0853. The molecule has 0 aliphatic rings. The monoisotopic (exact) mass is 185 g/mol. The van der Waals surface area contributed by atoms with Crippen LogP contribution in [0.1, 0.15) is 11.1 Å². The summed E-state index contributed by atoms with van der Waals surface area (Å²) in [6.45, 7) is 1.79. The van der Waals surface area contributed by atoms with Crippen molar-refractivity contribution >= 4 is 0 Å². The van der Waals surface area contributed by atoms with Crippen molar-refractivity contribution in [1.82, 2.24) is 5.48 Å². The average Bonchev–Trinajstić information content (AvgIpc) is 2.12. The molecule has 1 aromatic carbocycles. The summed E-state index contributed by atoms with van der Waals surface area (Å²) in [5, 5.41) is 9.31. The smallest absolute Gasteiger partial charge is 0.134 e. The van der Waals surface area contributed by atoms with Crippen LogP contribution in [0.2, 0.25) is 0 Å². The van der Waals surface area contributed by atoms with Crippen molar-refractivity contribution in [2.45, 2.75) is 13.5 Å². The van der Waals surface area contributed by atoms with Gasteiger partial charge >= 0.3 is 0 Å². The lowest BCUT2D eigenvalue weighted by atomic mass is 10.1. The van der Waals surface area contributed by atoms with Crippen LogP contribution in [0.5, 0.6) is 5.75 Å². The van der Waals surface area contributed by atoms with E-state index in [-0.39, 0.29) is 17.9 Å². The van der Waals surface area contributed by atoms with Gasteiger partial charge in [0.1, 0.15) is 11.6 Å². The van der Waals surface area contributed by atoms with E-state index in [0.29, 0.717) is 5.56 Å². The zero-order chi connectivity index (χ0) is 9.84. The molecule has 0 aliphatic carbocycles. The molecular formula is C9H12FNO2. The third kappa shape index (κ3) is 2.17. The molecule has 0 heterocycles. The van der Waals surface area contributed by atoms with Gasteiger partial charge in [0.05, 0.1) is 13.7 Å². The maximum Gasteiger partial charge on any atom is 0.134 e. The van der Waals surface area contributed by atoms with Crippen molar-refractivity contribution in [1.29, 1.82) is 0 Å². The van der Waals surface area contributed by atoms with Crippen molar-refractivity contribution in [2.24, 2.45) is 0 Å². The number of aromatic hydroxyl groups is 1. The molecule has 0 aliphatic heterocycles. The molecule has 1 aromatic rings. The molecule has 0 atom stereocenters. The van der Waals surface area contributed by atoms with E-state index in [1.54, 1.807) is 6.92 Å². The fourth-order valence-corrected chi connectivity index (χ4v) is 1.04. The first-order valence-electron chi connectivity index (χ1n) is 3.89. The van der Waals surface area contributed by atoms with Crippen molar-refractivity contribution < 1.29 is 14.3 Å². The largest absolute Gasteiger partial charge is 0.508 e. The van der Waals surface area contributed by atoms with Gasteiger partial charge in [0, 0.05) is 5.56 Å². The number of phenolic OH excluding ortho intramolecular Hbond substituents is 1. The number of phenols is 1. The van der Waals surface area contributed by atoms with Gasteiger partial charge in [-0.15, -0.1) is 0 Å². The van der Waals surface area contributed by atoms with E-state index in [1.807, 2.05) is 0 Å². The fourth-order valence-electron chi connectivity index (χ4n) is 1.04. The SMILES string of the molecule is CONCc1c(O)ccc(C)c1F. The van der Waals surface area contributed by atoms with Crippen LogP contribution in [0.3, 0.4) is 0 Å². The fraction of sp³-hybridized carbons (Fsp3) is 0.333. The van der Waals surface area contributed by atoms with Gasteiger partial charge in [-0.3, -0.25) is 0 Å². The summed E-state index contributed by atoms with van der Waals surface area (Å²) in [6.07, 6.45) is 0. The van der Waals surface area contributed by atoms with Crippen molar-refractivity contribution in [3.8, 4) is 5.75 Å². The Morgan fingerprint density at radius 1 is 1.54 bits per heavy atom. The Bertz CT molecular complexity index is 302. The van der Waals surface area contributed by atoms with Crippen LogP contribution in [0.4, 0.5) is 4.39 Å². The molecule has 0 saturated heterocycles. The molecule has 13 heavy (non-hydrogen) atoms. The van der Waals surface area contributed by atoms with Gasteiger partial charge in [-0.2, -0.15) is 5.48 Å². The van der Waals surface area contributed by atoms with Crippen LogP contribution < -0.4 is 5.48 Å². The Morgan fingerprint density at radius 3 is 2.85 bits per heavy atom. The quantitative estimate of drug-likeness (QED) is 0.701. The van der Waals surface area contributed by atoms with Gasteiger partial charge in [0.2, 0.25) is 0 Å². The molecule has 0 bridgehead atoms. The van der Waals surface area contributed by atoms with E-state index in [4.69, 9.17) is 0 Å². The van der Waals surface area contributed by atoms with Crippen LogP contribution >= 0.6 is 0 Å². The van der Waals surface area contributed by atoms with E-state index in [9.17, 15) is 9.50 Å². The zero-order valence-corrected chi connectivity index (χ0v) is 7.60. The van der Waals surface area contributed by atoms with Crippen LogP contribution in [0.15, 0.2) is 12.1 Å². The van der Waals surface area contributed by atoms with Gasteiger partial charge in [-0.25, -0.2) is 4.39 Å². The van der Waals surface area contributed by atoms with Gasteiger partial charge in [0.25, 0.3) is 0 Å². The highest BCUT2D eigenvalue weighted by Crippen LogP contribution is 2.22. The topological polar surface area (TPSA) is 41.5 Å². The highest BCUT2D eigenvalue weighted by molar-refractivity contribution is 5.37. The minimum Gasteiger partial charge on any atom is -0.508 e. The maximum absolute atomic E-state index is 13.3. The second-order valence-electron chi connectivity index (χ2n) is 2.72. The van der Waals surface area contributed by atoms with E-state index in [0.717, 1.165) is 0 Å². The molecule has 0 spiro atoms. The molecule has 0 aromatic heterocycles. The highest BCUT2D eigenvalue weighted by Gasteiger charge is 2.09. The minimum absolute atomic E-state index is 0.0624. The number of benzene rings is 1. The first kappa shape index (κ1) is 9.95. The zero-order valence-electron chi connectivity index (χ0n) is 7.60. The number of rotatable bonds is 3. The van der Waals surface area contributed by atoms with E-state index in [2.05, 4.69) is 10.3 Å². The van der Waals surface area contributed by atoms with Crippen molar-refractivity contribution in [3.63, 3.8) is 0 Å². The van der Waals surface area contributed by atoms with E-state index < -0.39 is 5.82 Å². The molecular weight excluding hydrogens is 173 g/mol. The average molecular weight is 185 g/mol. The summed E-state index contributed by atoms with van der Waals surface area (Å²) in [6, 6.07) is 2.99. The minimum atomic E-state index is -0.399. The number of nitrogens with one attached hydrogen (secondary N) is 1. The summed E-state index contributed by atoms with van der Waals surface area (Å²) in [5.41, 5.74) is 3.20. The Kier molecular flexibility index (Phi) is 3.22. The molecule has 1 rings (SSSR count). The molecule has 0 amide bonds. The number of aryl methyl sites for hydroxylation is 1. The van der Waals surface area contributed by atoms with Crippen LogP contribution in [0, 0.1) is 12.7 Å². The Balaban J connectivity index is 2.96. The summed E-state index contributed by atoms with van der Waals surface area (Å²) in [4.78, 5) is 4.57. The van der Waals surface area contributed by atoms with Crippen molar-refractivity contribution in [3.05, 3.63) is 29.1 Å². The molecule has 72 valence electrons. The van der Waals surface area contributed by atoms with Gasteiger partial charge < -0.3 is 9.94 Å². The second kappa shape index (κ2) is 4.20. The molecule has 4 heteroatoms. The lowest BCUT2D eigenvalue weighted by Gasteiger charge is -2.07. The van der Waals surface area contributed by atoms with Crippen LogP contribution in [-0.2, 0) is 11.4 Å². The third-order valence-corrected chi connectivity index (χ3v) is 1.80. The summed E-state index contributed by atoms with van der Waals surface area (Å²) < 4.78 is 13.3. The molecule has 3 nitrogen and oxygen atoms in total. The summed E-state index contributed by atoms with van der Waals surface area (Å²) >= 11 is 0. The van der Waals surface area contributed by atoms with Gasteiger partial charge in [-0.05, 0) is 18.6 Å². The summed E-state index contributed by atoms with van der Waals surface area (Å²) in [7, 11) is 1.44. The third-order valence-electron chi connectivity index (χ3n) is 1.80. The standard InChI is InChI=1S/C9H12FNO2/c1-6-3-4-8(12)7(9(6)10)5-11-13-2/h3-4,11-12H,5H2,1-2H3. The Morgan fingerprint density at radius 2 is 2.23 bits per heavy atom. The predicted molar refractivity (Wildman–Crippen MR) is 46.7 cm³/mol. The number of hydrogen-bond donors (Lipinski definition) is 2. The van der Waals surface area contributed by atoms with Gasteiger partial charge in [-0.1, -0.05) is 6.07 Å². The second-order valence-corrected chi connectivity index (χ2v) is 2.72. The first-order valence-corrected chi connectivity index (χ1v) is 3.89. The molecule has 0 fully saturated rings. The molecule has 0 radical (unpaired) electrons. The molecule has 0 unspecified atom stereocenters. The molecule has 0 saturated carbocycles. The maximum atomic E-state index is 13.3. The molecule has 2 N–H and O–H groups in total. The number of hydrogen-bond acceptors (Lipinski definition) is 3. The summed E-state index contributed by atoms with van der Waals surface area (Å²) in [5.74, 6) is -0.461. The van der Waals surface area contributed by atoms with Crippen LogP contribution in [0.25, 0.3) is 0 Å². The van der Waals surface area contributed by atoms with E-state index >= 15 is 0 Å². The normalized spacial score (nSPS) is 10.4.